The monoisotopic (exact) mass is 499 g/mol. The number of halogens is 1. The van der Waals surface area contributed by atoms with Crippen LogP contribution in [0.4, 0.5) is 5.00 Å². The molecule has 1 aromatic heterocycles. The number of amides is 1. The van der Waals surface area contributed by atoms with E-state index in [2.05, 4.69) is 5.32 Å². The summed E-state index contributed by atoms with van der Waals surface area (Å²) in [4.78, 5) is 25.4. The normalized spacial score (nSPS) is 10.8. The molecule has 0 atom stereocenters. The van der Waals surface area contributed by atoms with Crippen molar-refractivity contribution in [2.24, 2.45) is 0 Å². The molecule has 0 bridgehead atoms. The maximum Gasteiger partial charge on any atom is 0.341 e. The van der Waals surface area contributed by atoms with Gasteiger partial charge in [-0.25, -0.2) is 4.79 Å². The lowest BCUT2D eigenvalue weighted by atomic mass is 10.0. The maximum atomic E-state index is 12.7. The minimum atomic E-state index is -0.499. The van der Waals surface area contributed by atoms with E-state index in [0.29, 0.717) is 45.9 Å². The van der Waals surface area contributed by atoms with Gasteiger partial charge in [-0.15, -0.1) is 11.3 Å². The second-order valence-corrected chi connectivity index (χ2v) is 8.29. The van der Waals surface area contributed by atoms with E-state index < -0.39 is 5.97 Å². The zero-order chi connectivity index (χ0) is 24.5. The average molecular weight is 500 g/mol. The summed E-state index contributed by atoms with van der Waals surface area (Å²) in [5.41, 5.74) is 2.57. The molecule has 2 aromatic carbocycles. The van der Waals surface area contributed by atoms with Gasteiger partial charge < -0.3 is 19.5 Å². The Balaban J connectivity index is 1.83. The summed E-state index contributed by atoms with van der Waals surface area (Å²) < 4.78 is 16.4. The van der Waals surface area contributed by atoms with Crippen molar-refractivity contribution in [2.45, 2.75) is 20.8 Å². The summed E-state index contributed by atoms with van der Waals surface area (Å²) in [6.45, 7) is 6.79. The fraction of sp³-hybridized carbons (Fsp3) is 0.231. The number of ether oxygens (including phenoxy) is 3. The molecule has 3 aromatic rings. The number of esters is 1. The van der Waals surface area contributed by atoms with Crippen LogP contribution in [-0.2, 0) is 9.53 Å². The zero-order valence-corrected chi connectivity index (χ0v) is 20.8. The van der Waals surface area contributed by atoms with Gasteiger partial charge >= 0.3 is 5.97 Å². The minimum Gasteiger partial charge on any atom is -0.490 e. The summed E-state index contributed by atoms with van der Waals surface area (Å²) in [6.07, 6.45) is 3.08. The molecule has 1 heterocycles. The third kappa shape index (κ3) is 6.40. The van der Waals surface area contributed by atoms with E-state index in [1.54, 1.807) is 25.1 Å². The second-order valence-electron chi connectivity index (χ2n) is 6.98. The molecule has 1 N–H and O–H groups in total. The smallest absolute Gasteiger partial charge is 0.341 e. The second kappa shape index (κ2) is 12.3. The van der Waals surface area contributed by atoms with Crippen LogP contribution in [0.2, 0.25) is 5.02 Å². The molecule has 0 spiro atoms. The van der Waals surface area contributed by atoms with Gasteiger partial charge in [0.1, 0.15) is 10.6 Å². The van der Waals surface area contributed by atoms with Gasteiger partial charge in [-0.2, -0.15) is 0 Å². The molecule has 0 saturated carbocycles. The van der Waals surface area contributed by atoms with Crippen LogP contribution in [0.5, 0.6) is 11.5 Å². The highest BCUT2D eigenvalue weighted by Crippen LogP contribution is 2.37. The summed E-state index contributed by atoms with van der Waals surface area (Å²) >= 11 is 7.25. The van der Waals surface area contributed by atoms with Gasteiger partial charge in [0.25, 0.3) is 0 Å². The molecule has 34 heavy (non-hydrogen) atoms. The first-order valence-corrected chi connectivity index (χ1v) is 12.2. The first-order valence-electron chi connectivity index (χ1n) is 10.9. The van der Waals surface area contributed by atoms with Gasteiger partial charge in [0.2, 0.25) is 5.91 Å². The van der Waals surface area contributed by atoms with Crippen molar-refractivity contribution in [1.29, 1.82) is 0 Å². The number of hydrogen-bond donors (Lipinski definition) is 1. The van der Waals surface area contributed by atoms with E-state index >= 15 is 0 Å². The number of carbonyl (C=O) groups is 2. The SMILES string of the molecule is CCOC(=O)c1c(-c2ccc(Cl)cc2)csc1NC(=O)/C=C/c1ccc(OCC)c(OCC)c1. The van der Waals surface area contributed by atoms with E-state index in [1.165, 1.54) is 17.4 Å². The van der Waals surface area contributed by atoms with Crippen LogP contribution in [-0.4, -0.2) is 31.7 Å². The molecular formula is C26H26ClNO5S. The van der Waals surface area contributed by atoms with Gasteiger partial charge in [-0.05, 0) is 62.2 Å². The van der Waals surface area contributed by atoms with Gasteiger partial charge in [0.15, 0.2) is 11.5 Å². The quantitative estimate of drug-likeness (QED) is 0.248. The van der Waals surface area contributed by atoms with Crippen LogP contribution in [0, 0.1) is 0 Å². The molecule has 0 unspecified atom stereocenters. The van der Waals surface area contributed by atoms with Gasteiger partial charge in [0, 0.05) is 22.0 Å². The molecule has 0 fully saturated rings. The van der Waals surface area contributed by atoms with Crippen LogP contribution in [0.3, 0.4) is 0 Å². The van der Waals surface area contributed by atoms with Crippen LogP contribution in [0.15, 0.2) is 53.9 Å². The Morgan fingerprint density at radius 2 is 1.68 bits per heavy atom. The molecule has 0 saturated heterocycles. The van der Waals surface area contributed by atoms with Crippen LogP contribution < -0.4 is 14.8 Å². The Labute approximate surface area is 208 Å². The zero-order valence-electron chi connectivity index (χ0n) is 19.2. The lowest BCUT2D eigenvalue weighted by molar-refractivity contribution is -0.111. The van der Waals surface area contributed by atoms with Gasteiger partial charge in [-0.1, -0.05) is 29.8 Å². The molecule has 6 nitrogen and oxygen atoms in total. The van der Waals surface area contributed by atoms with Crippen LogP contribution in [0.1, 0.15) is 36.7 Å². The van der Waals surface area contributed by atoms with E-state index in [4.69, 9.17) is 25.8 Å². The van der Waals surface area contributed by atoms with Crippen molar-refractivity contribution in [2.75, 3.05) is 25.1 Å². The largest absolute Gasteiger partial charge is 0.490 e. The Bertz CT molecular complexity index is 1170. The summed E-state index contributed by atoms with van der Waals surface area (Å²) in [7, 11) is 0. The van der Waals surface area contributed by atoms with Gasteiger partial charge in [0.05, 0.1) is 19.8 Å². The average Bonchev–Trinajstić information content (AvgIpc) is 3.23. The van der Waals surface area contributed by atoms with E-state index in [0.717, 1.165) is 11.1 Å². The Kier molecular flexibility index (Phi) is 9.13. The van der Waals surface area contributed by atoms with Crippen molar-refractivity contribution in [1.82, 2.24) is 0 Å². The van der Waals surface area contributed by atoms with E-state index in [-0.39, 0.29) is 12.5 Å². The summed E-state index contributed by atoms with van der Waals surface area (Å²) in [5, 5.41) is 5.63. The topological polar surface area (TPSA) is 73.9 Å². The minimum absolute atomic E-state index is 0.224. The van der Waals surface area contributed by atoms with Crippen molar-refractivity contribution < 1.29 is 23.8 Å². The highest BCUT2D eigenvalue weighted by Gasteiger charge is 2.22. The number of carbonyl (C=O) groups excluding carboxylic acids is 2. The standard InChI is InChI=1S/C26H26ClNO5S/c1-4-31-21-13-7-17(15-22(21)32-5-2)8-14-23(29)28-25-24(26(30)33-6-3)20(16-34-25)18-9-11-19(27)12-10-18/h7-16H,4-6H2,1-3H3,(H,28,29)/b14-8+. The number of hydrogen-bond acceptors (Lipinski definition) is 6. The lowest BCUT2D eigenvalue weighted by Gasteiger charge is -2.11. The number of thiophene rings is 1. The summed E-state index contributed by atoms with van der Waals surface area (Å²) in [5.74, 6) is 0.392. The molecule has 0 aliphatic heterocycles. The third-order valence-corrected chi connectivity index (χ3v) is 5.80. The van der Waals surface area contributed by atoms with Crippen LogP contribution in [0.25, 0.3) is 17.2 Å². The number of nitrogens with one attached hydrogen (secondary N) is 1. The fourth-order valence-corrected chi connectivity index (χ4v) is 4.28. The maximum absolute atomic E-state index is 12.7. The highest BCUT2D eigenvalue weighted by atomic mass is 35.5. The number of rotatable bonds is 10. The Hall–Kier alpha value is -3.29. The fourth-order valence-electron chi connectivity index (χ4n) is 3.19. The number of benzene rings is 2. The predicted molar refractivity (Wildman–Crippen MR) is 137 cm³/mol. The first-order chi connectivity index (χ1) is 16.5. The molecule has 0 radical (unpaired) electrons. The van der Waals surface area contributed by atoms with Crippen molar-refractivity contribution in [3.05, 3.63) is 70.1 Å². The molecule has 8 heteroatoms. The molecule has 3 rings (SSSR count). The Morgan fingerprint density at radius 1 is 0.971 bits per heavy atom. The lowest BCUT2D eigenvalue weighted by Crippen LogP contribution is -2.12. The molecule has 0 aliphatic rings. The van der Waals surface area contributed by atoms with Crippen molar-refractivity contribution in [3.63, 3.8) is 0 Å². The highest BCUT2D eigenvalue weighted by molar-refractivity contribution is 7.15. The molecule has 0 aliphatic carbocycles. The van der Waals surface area contributed by atoms with Crippen molar-refractivity contribution >= 4 is 45.9 Å². The predicted octanol–water partition coefficient (Wildman–Crippen LogP) is 6.69. The first kappa shape index (κ1) is 25.3. The summed E-state index contributed by atoms with van der Waals surface area (Å²) in [6, 6.07) is 12.6. The molecular weight excluding hydrogens is 474 g/mol. The molecule has 1 amide bonds. The Morgan fingerprint density at radius 3 is 2.35 bits per heavy atom. The number of anilines is 1. The van der Waals surface area contributed by atoms with Gasteiger partial charge in [-0.3, -0.25) is 4.79 Å². The van der Waals surface area contributed by atoms with Crippen molar-refractivity contribution in [3.8, 4) is 22.6 Å². The van der Waals surface area contributed by atoms with Crippen LogP contribution >= 0.6 is 22.9 Å². The molecule has 178 valence electrons. The van der Waals surface area contributed by atoms with E-state index in [9.17, 15) is 9.59 Å². The third-order valence-electron chi connectivity index (χ3n) is 4.66. The van der Waals surface area contributed by atoms with E-state index in [1.807, 2.05) is 49.6 Å².